The Bertz CT molecular complexity index is 388. The van der Waals surface area contributed by atoms with Gasteiger partial charge in [0.05, 0.1) is 13.0 Å². The number of rotatable bonds is 24. The molecule has 0 aromatic rings. The molecule has 0 aliphatic rings. The van der Waals surface area contributed by atoms with Gasteiger partial charge < -0.3 is 14.6 Å². The summed E-state index contributed by atoms with van der Waals surface area (Å²) in [7, 11) is 0. The van der Waals surface area contributed by atoms with Gasteiger partial charge in [-0.15, -0.1) is 0 Å². The third-order valence-corrected chi connectivity index (χ3v) is 5.79. The van der Waals surface area contributed by atoms with Crippen molar-refractivity contribution in [3.05, 3.63) is 0 Å². The van der Waals surface area contributed by atoms with Crippen molar-refractivity contribution >= 4 is 49.7 Å². The van der Waals surface area contributed by atoms with Crippen LogP contribution in [0.25, 0.3) is 0 Å². The maximum absolute atomic E-state index is 11.2. The minimum absolute atomic E-state index is 0. The van der Waals surface area contributed by atoms with Crippen LogP contribution in [-0.4, -0.2) is 56.3 Å². The molecule has 0 fully saturated rings. The number of aliphatic carboxylic acids is 1. The van der Waals surface area contributed by atoms with Crippen LogP contribution in [0.4, 0.5) is 0 Å². The van der Waals surface area contributed by atoms with Crippen molar-refractivity contribution in [2.75, 3.05) is 6.61 Å². The Kier molecular flexibility index (Phi) is 30.4. The first-order chi connectivity index (χ1) is 14.7. The van der Waals surface area contributed by atoms with Gasteiger partial charge in [-0.2, -0.15) is 0 Å². The van der Waals surface area contributed by atoms with Crippen molar-refractivity contribution in [1.82, 2.24) is 0 Å². The number of carboxylic acid groups (broad SMARTS) is 1. The molecule has 0 spiro atoms. The number of carbonyl (C=O) groups excluding carboxylic acids is 2. The molecule has 0 rings (SSSR count). The minimum atomic E-state index is -1.20. The van der Waals surface area contributed by atoms with Gasteiger partial charge in [0.1, 0.15) is 0 Å². The number of hydrogen-bond acceptors (Lipinski definition) is 4. The van der Waals surface area contributed by atoms with E-state index in [0.717, 1.165) is 12.8 Å². The van der Waals surface area contributed by atoms with Crippen molar-refractivity contribution in [3.63, 3.8) is 0 Å². The Hall–Kier alpha value is 0.200. The number of esters is 1. The zero-order chi connectivity index (χ0) is 22.1. The number of ether oxygens (including phenoxy) is 1. The molecule has 4 nitrogen and oxygen atoms in total. The van der Waals surface area contributed by atoms with E-state index < -0.39 is 11.9 Å². The second-order valence-electron chi connectivity index (χ2n) is 8.81. The van der Waals surface area contributed by atoms with Gasteiger partial charge in [0.25, 0.3) is 0 Å². The number of carbonyl (C=O) groups is 2. The molecule has 0 N–H and O–H groups in total. The Morgan fingerprint density at radius 3 is 1.19 bits per heavy atom. The van der Waals surface area contributed by atoms with E-state index >= 15 is 0 Å². The molecule has 0 saturated heterocycles. The van der Waals surface area contributed by atoms with Crippen LogP contribution in [0.1, 0.15) is 148 Å². The molecular formula is C26H49CaO4+. The summed E-state index contributed by atoms with van der Waals surface area (Å²) in [5.41, 5.74) is 0. The van der Waals surface area contributed by atoms with Gasteiger partial charge in [0.15, 0.2) is 0 Å². The molecule has 0 aliphatic heterocycles. The van der Waals surface area contributed by atoms with E-state index in [4.69, 9.17) is 4.74 Å². The van der Waals surface area contributed by atoms with Crippen molar-refractivity contribution in [1.29, 1.82) is 0 Å². The van der Waals surface area contributed by atoms with Crippen LogP contribution in [0.2, 0.25) is 0 Å². The Labute approximate surface area is 222 Å². The minimum Gasteiger partial charge on any atom is -0.550 e. The standard InChI is InChI=1S/C26H50O4.Ca/c1-2-3-4-5-6-7-8-9-10-11-12-13-14-15-16-17-18-19-20-21-24-30-26(29)23-22-25(27)28;/h2-24H2,1H3,(H,27,28);/q;+2/p-1. The molecule has 0 bridgehead atoms. The van der Waals surface area contributed by atoms with E-state index in [0.29, 0.717) is 6.61 Å². The molecule has 31 heavy (non-hydrogen) atoms. The van der Waals surface area contributed by atoms with Gasteiger partial charge in [0.2, 0.25) is 0 Å². The summed E-state index contributed by atoms with van der Waals surface area (Å²) in [4.78, 5) is 21.5. The topological polar surface area (TPSA) is 66.4 Å². The average Bonchev–Trinajstić information content (AvgIpc) is 2.73. The van der Waals surface area contributed by atoms with Gasteiger partial charge in [-0.05, 0) is 12.8 Å². The summed E-state index contributed by atoms with van der Waals surface area (Å²) in [6.07, 6.45) is 26.5. The van der Waals surface area contributed by atoms with Gasteiger partial charge in [-0.3, -0.25) is 4.79 Å². The van der Waals surface area contributed by atoms with E-state index in [1.807, 2.05) is 0 Å². The summed E-state index contributed by atoms with van der Waals surface area (Å²) in [5, 5.41) is 10.2. The van der Waals surface area contributed by atoms with Crippen LogP contribution in [-0.2, 0) is 14.3 Å². The second-order valence-corrected chi connectivity index (χ2v) is 8.81. The molecular weight excluding hydrogens is 416 g/mol. The van der Waals surface area contributed by atoms with Gasteiger partial charge in [-0.25, -0.2) is 0 Å². The Morgan fingerprint density at radius 2 is 0.871 bits per heavy atom. The fraction of sp³-hybridized carbons (Fsp3) is 0.923. The molecule has 0 amide bonds. The number of carboxylic acids is 1. The molecule has 0 heterocycles. The smallest absolute Gasteiger partial charge is 0.550 e. The van der Waals surface area contributed by atoms with E-state index in [-0.39, 0.29) is 50.6 Å². The SMILES string of the molecule is CCCCCCCCCCCCCCCCCCCCCCOC(=O)CCC(=O)[O-].[Ca+2]. The fourth-order valence-electron chi connectivity index (χ4n) is 3.82. The molecule has 0 atom stereocenters. The quantitative estimate of drug-likeness (QED) is 0.0927. The van der Waals surface area contributed by atoms with E-state index in [1.54, 1.807) is 0 Å². The monoisotopic (exact) mass is 465 g/mol. The molecule has 0 unspecified atom stereocenters. The van der Waals surface area contributed by atoms with Gasteiger partial charge in [-0.1, -0.05) is 129 Å². The average molecular weight is 466 g/mol. The van der Waals surface area contributed by atoms with Crippen LogP contribution in [0, 0.1) is 0 Å². The predicted molar refractivity (Wildman–Crippen MR) is 129 cm³/mol. The summed E-state index contributed by atoms with van der Waals surface area (Å²) < 4.78 is 5.00. The van der Waals surface area contributed by atoms with Crippen LogP contribution in [0.15, 0.2) is 0 Å². The third-order valence-electron chi connectivity index (χ3n) is 5.79. The first-order valence-electron chi connectivity index (χ1n) is 13.0. The first-order valence-corrected chi connectivity index (χ1v) is 13.0. The molecule has 0 aliphatic carbocycles. The van der Waals surface area contributed by atoms with Crippen molar-refractivity contribution in [2.45, 2.75) is 148 Å². The van der Waals surface area contributed by atoms with Crippen LogP contribution in [0.3, 0.4) is 0 Å². The third kappa shape index (κ3) is 30.2. The molecule has 0 radical (unpaired) electrons. The Balaban J connectivity index is 0. The molecule has 178 valence electrons. The molecule has 5 heteroatoms. The maximum Gasteiger partial charge on any atom is 2.00 e. The fourth-order valence-corrected chi connectivity index (χ4v) is 3.82. The Morgan fingerprint density at radius 1 is 0.548 bits per heavy atom. The zero-order valence-corrected chi connectivity index (χ0v) is 22.8. The maximum atomic E-state index is 11.2. The molecule has 0 saturated carbocycles. The van der Waals surface area contributed by atoms with E-state index in [9.17, 15) is 14.7 Å². The van der Waals surface area contributed by atoms with Gasteiger partial charge >= 0.3 is 43.7 Å². The van der Waals surface area contributed by atoms with Gasteiger partial charge in [0, 0.05) is 5.97 Å². The predicted octanol–water partition coefficient (Wildman–Crippen LogP) is 6.50. The zero-order valence-electron chi connectivity index (χ0n) is 20.6. The summed E-state index contributed by atoms with van der Waals surface area (Å²) in [6.45, 7) is 2.69. The number of hydrogen-bond donors (Lipinski definition) is 0. The summed E-state index contributed by atoms with van der Waals surface area (Å²) in [6, 6.07) is 0. The normalized spacial score (nSPS) is 10.6. The van der Waals surface area contributed by atoms with Crippen LogP contribution >= 0.6 is 0 Å². The largest absolute Gasteiger partial charge is 2.00 e. The molecule has 0 aromatic heterocycles. The van der Waals surface area contributed by atoms with Crippen molar-refractivity contribution in [3.8, 4) is 0 Å². The summed E-state index contributed by atoms with van der Waals surface area (Å²) in [5.74, 6) is -1.64. The van der Waals surface area contributed by atoms with Crippen molar-refractivity contribution in [2.24, 2.45) is 0 Å². The van der Waals surface area contributed by atoms with E-state index in [2.05, 4.69) is 6.92 Å². The van der Waals surface area contributed by atoms with Crippen LogP contribution < -0.4 is 5.11 Å². The molecule has 0 aromatic carbocycles. The second kappa shape index (κ2) is 28.2. The summed E-state index contributed by atoms with van der Waals surface area (Å²) >= 11 is 0. The van der Waals surface area contributed by atoms with E-state index in [1.165, 1.54) is 116 Å². The first kappa shape index (κ1) is 33.4. The van der Waals surface area contributed by atoms with Crippen LogP contribution in [0.5, 0.6) is 0 Å². The number of unbranched alkanes of at least 4 members (excludes halogenated alkanes) is 19. The van der Waals surface area contributed by atoms with Crippen molar-refractivity contribution < 1.29 is 19.4 Å².